The highest BCUT2D eigenvalue weighted by molar-refractivity contribution is 6.00. The number of Topliss-reactive ketones (excluding diaryl/α,β-unsaturated/α-hetero) is 1. The molecule has 0 aliphatic heterocycles. The quantitative estimate of drug-likeness (QED) is 0.753. The SMILES string of the molecule is Cc1cc(C)c(C)c(C(=O)Cc2ccc(F)c(F)c2)c1C. The van der Waals surface area contributed by atoms with Crippen LogP contribution in [0.2, 0.25) is 0 Å². The maximum Gasteiger partial charge on any atom is 0.167 e. The van der Waals surface area contributed by atoms with Crippen LogP contribution in [-0.2, 0) is 6.42 Å². The molecule has 2 rings (SSSR count). The van der Waals surface area contributed by atoms with Gasteiger partial charge in [-0.25, -0.2) is 8.78 Å². The first-order valence-corrected chi connectivity index (χ1v) is 6.85. The molecule has 0 fully saturated rings. The predicted molar refractivity (Wildman–Crippen MR) is 79.8 cm³/mol. The van der Waals surface area contributed by atoms with Gasteiger partial charge < -0.3 is 0 Å². The summed E-state index contributed by atoms with van der Waals surface area (Å²) in [6, 6.07) is 5.64. The van der Waals surface area contributed by atoms with Crippen LogP contribution in [0, 0.1) is 39.3 Å². The monoisotopic (exact) mass is 288 g/mol. The van der Waals surface area contributed by atoms with E-state index in [0.29, 0.717) is 11.1 Å². The number of ketones is 1. The van der Waals surface area contributed by atoms with E-state index in [1.54, 1.807) is 0 Å². The van der Waals surface area contributed by atoms with Crippen LogP contribution >= 0.6 is 0 Å². The molecule has 1 nitrogen and oxygen atoms in total. The standard InChI is InChI=1S/C18H18F2O/c1-10-7-11(2)13(4)18(12(10)3)17(21)9-14-5-6-15(19)16(20)8-14/h5-8H,9H2,1-4H3. The van der Waals surface area contributed by atoms with Crippen LogP contribution in [-0.4, -0.2) is 5.78 Å². The molecule has 2 aromatic carbocycles. The highest BCUT2D eigenvalue weighted by atomic mass is 19.2. The molecule has 0 saturated carbocycles. The number of hydrogen-bond donors (Lipinski definition) is 0. The molecule has 0 atom stereocenters. The van der Waals surface area contributed by atoms with Crippen LogP contribution in [0.1, 0.15) is 38.2 Å². The van der Waals surface area contributed by atoms with Crippen LogP contribution in [0.25, 0.3) is 0 Å². The second kappa shape index (κ2) is 5.76. The van der Waals surface area contributed by atoms with Gasteiger partial charge in [-0.1, -0.05) is 12.1 Å². The average molecular weight is 288 g/mol. The molecule has 3 heteroatoms. The summed E-state index contributed by atoms with van der Waals surface area (Å²) >= 11 is 0. The molecule has 0 radical (unpaired) electrons. The Balaban J connectivity index is 2.39. The lowest BCUT2D eigenvalue weighted by atomic mass is 9.89. The first-order chi connectivity index (χ1) is 9.81. The van der Waals surface area contributed by atoms with E-state index in [0.717, 1.165) is 34.4 Å². The highest BCUT2D eigenvalue weighted by Crippen LogP contribution is 2.23. The number of carbonyl (C=O) groups excluding carboxylic acids is 1. The first-order valence-electron chi connectivity index (χ1n) is 6.85. The average Bonchev–Trinajstić information content (AvgIpc) is 2.41. The summed E-state index contributed by atoms with van der Waals surface area (Å²) < 4.78 is 26.2. The second-order valence-corrected chi connectivity index (χ2v) is 5.48. The Labute approximate surface area is 123 Å². The fraction of sp³-hybridized carbons (Fsp3) is 0.278. The van der Waals surface area contributed by atoms with Gasteiger partial charge in [0.25, 0.3) is 0 Å². The Morgan fingerprint density at radius 1 is 0.905 bits per heavy atom. The summed E-state index contributed by atoms with van der Waals surface area (Å²) in [5.74, 6) is -1.89. The largest absolute Gasteiger partial charge is 0.294 e. The number of aryl methyl sites for hydroxylation is 2. The van der Waals surface area contributed by atoms with Gasteiger partial charge in [-0.15, -0.1) is 0 Å². The Morgan fingerprint density at radius 2 is 1.48 bits per heavy atom. The normalized spacial score (nSPS) is 10.8. The minimum Gasteiger partial charge on any atom is -0.294 e. The fourth-order valence-corrected chi connectivity index (χ4v) is 2.56. The van der Waals surface area contributed by atoms with Gasteiger partial charge in [-0.2, -0.15) is 0 Å². The molecular formula is C18H18F2O. The molecule has 0 amide bonds. The van der Waals surface area contributed by atoms with Crippen LogP contribution in [0.3, 0.4) is 0 Å². The molecule has 0 N–H and O–H groups in total. The van der Waals surface area contributed by atoms with Crippen LogP contribution < -0.4 is 0 Å². The maximum atomic E-state index is 13.2. The zero-order valence-corrected chi connectivity index (χ0v) is 12.7. The van der Waals surface area contributed by atoms with Crippen LogP contribution in [0.15, 0.2) is 24.3 Å². The summed E-state index contributed by atoms with van der Waals surface area (Å²) in [6.07, 6.45) is 0.0712. The summed E-state index contributed by atoms with van der Waals surface area (Å²) in [5.41, 5.74) is 5.20. The molecule has 0 saturated heterocycles. The predicted octanol–water partition coefficient (Wildman–Crippen LogP) is 4.62. The van der Waals surface area contributed by atoms with Crippen molar-refractivity contribution in [3.63, 3.8) is 0 Å². The van der Waals surface area contributed by atoms with Crippen LogP contribution in [0.4, 0.5) is 8.78 Å². The van der Waals surface area contributed by atoms with E-state index in [1.165, 1.54) is 6.07 Å². The Kier molecular flexibility index (Phi) is 4.21. The van der Waals surface area contributed by atoms with Crippen molar-refractivity contribution >= 4 is 5.78 Å². The fourth-order valence-electron chi connectivity index (χ4n) is 2.56. The van der Waals surface area contributed by atoms with Crippen molar-refractivity contribution in [2.75, 3.05) is 0 Å². The molecule has 0 heterocycles. The smallest absolute Gasteiger partial charge is 0.167 e. The second-order valence-electron chi connectivity index (χ2n) is 5.48. The molecule has 0 spiro atoms. The van der Waals surface area contributed by atoms with Gasteiger partial charge in [-0.3, -0.25) is 4.79 Å². The van der Waals surface area contributed by atoms with Crippen molar-refractivity contribution < 1.29 is 13.6 Å². The molecule has 0 aliphatic carbocycles. The van der Waals surface area contributed by atoms with E-state index >= 15 is 0 Å². The number of benzene rings is 2. The van der Waals surface area contributed by atoms with Gasteiger partial charge in [-0.05, 0) is 67.6 Å². The van der Waals surface area contributed by atoms with E-state index in [4.69, 9.17) is 0 Å². The zero-order valence-electron chi connectivity index (χ0n) is 12.7. The third kappa shape index (κ3) is 3.02. The topological polar surface area (TPSA) is 17.1 Å². The van der Waals surface area contributed by atoms with Gasteiger partial charge in [0, 0.05) is 12.0 Å². The summed E-state index contributed by atoms with van der Waals surface area (Å²) in [6.45, 7) is 7.77. The minimum absolute atomic E-state index is 0.0668. The van der Waals surface area contributed by atoms with Crippen molar-refractivity contribution in [2.24, 2.45) is 0 Å². The number of carbonyl (C=O) groups is 1. The Bertz CT molecular complexity index is 691. The van der Waals surface area contributed by atoms with E-state index in [-0.39, 0.29) is 12.2 Å². The van der Waals surface area contributed by atoms with E-state index in [9.17, 15) is 13.6 Å². The van der Waals surface area contributed by atoms with E-state index in [2.05, 4.69) is 6.07 Å². The van der Waals surface area contributed by atoms with Gasteiger partial charge >= 0.3 is 0 Å². The van der Waals surface area contributed by atoms with Crippen LogP contribution in [0.5, 0.6) is 0 Å². The Hall–Kier alpha value is -2.03. The van der Waals surface area contributed by atoms with Crippen molar-refractivity contribution in [1.29, 1.82) is 0 Å². The molecule has 21 heavy (non-hydrogen) atoms. The summed E-state index contributed by atoms with van der Waals surface area (Å²) in [5, 5.41) is 0. The minimum atomic E-state index is -0.922. The third-order valence-corrected chi connectivity index (χ3v) is 3.99. The van der Waals surface area contributed by atoms with Gasteiger partial charge in [0.05, 0.1) is 0 Å². The number of halogens is 2. The van der Waals surface area contributed by atoms with Gasteiger partial charge in [0.15, 0.2) is 17.4 Å². The zero-order chi connectivity index (χ0) is 15.7. The highest BCUT2D eigenvalue weighted by Gasteiger charge is 2.16. The molecule has 2 aromatic rings. The molecule has 0 aromatic heterocycles. The molecule has 0 unspecified atom stereocenters. The van der Waals surface area contributed by atoms with Crippen molar-refractivity contribution in [3.05, 3.63) is 69.3 Å². The van der Waals surface area contributed by atoms with Crippen molar-refractivity contribution in [1.82, 2.24) is 0 Å². The van der Waals surface area contributed by atoms with E-state index < -0.39 is 11.6 Å². The Morgan fingerprint density at radius 3 is 2.00 bits per heavy atom. The summed E-state index contributed by atoms with van der Waals surface area (Å²) in [7, 11) is 0. The molecule has 0 bridgehead atoms. The summed E-state index contributed by atoms with van der Waals surface area (Å²) in [4.78, 5) is 12.5. The number of hydrogen-bond acceptors (Lipinski definition) is 1. The molecule has 110 valence electrons. The lowest BCUT2D eigenvalue weighted by molar-refractivity contribution is 0.0991. The van der Waals surface area contributed by atoms with Crippen molar-refractivity contribution in [2.45, 2.75) is 34.1 Å². The lowest BCUT2D eigenvalue weighted by Gasteiger charge is -2.14. The van der Waals surface area contributed by atoms with Gasteiger partial charge in [0.2, 0.25) is 0 Å². The van der Waals surface area contributed by atoms with Gasteiger partial charge in [0.1, 0.15) is 0 Å². The maximum absolute atomic E-state index is 13.2. The molecular weight excluding hydrogens is 270 g/mol. The number of rotatable bonds is 3. The third-order valence-electron chi connectivity index (χ3n) is 3.99. The molecule has 0 aliphatic rings. The first kappa shape index (κ1) is 15.4. The lowest BCUT2D eigenvalue weighted by Crippen LogP contribution is -2.10. The van der Waals surface area contributed by atoms with E-state index in [1.807, 2.05) is 27.7 Å². The van der Waals surface area contributed by atoms with Crippen molar-refractivity contribution in [3.8, 4) is 0 Å².